The second kappa shape index (κ2) is 3.80. The van der Waals surface area contributed by atoms with Gasteiger partial charge in [-0.3, -0.25) is 4.99 Å². The fourth-order valence-electron chi connectivity index (χ4n) is 0.837. The molecule has 0 aliphatic rings. The highest BCUT2D eigenvalue weighted by Crippen LogP contribution is 2.04. The zero-order valence-corrected chi connectivity index (χ0v) is 7.29. The minimum absolute atomic E-state index is 0.420. The number of aryl methyl sites for hydroxylation is 1. The van der Waals surface area contributed by atoms with Gasteiger partial charge in [-0.1, -0.05) is 0 Å². The first-order valence-electron chi connectivity index (χ1n) is 3.74. The predicted molar refractivity (Wildman–Crippen MR) is 47.8 cm³/mol. The van der Waals surface area contributed by atoms with Crippen molar-refractivity contribution < 1.29 is 4.42 Å². The molecule has 0 amide bonds. The molecule has 0 saturated carbocycles. The van der Waals surface area contributed by atoms with Crippen LogP contribution in [-0.2, 0) is 6.54 Å². The zero-order valence-electron chi connectivity index (χ0n) is 7.29. The summed E-state index contributed by atoms with van der Waals surface area (Å²) < 4.78 is 5.31. The van der Waals surface area contributed by atoms with Gasteiger partial charge in [0.2, 0.25) is 0 Å². The van der Waals surface area contributed by atoms with E-state index in [1.807, 2.05) is 19.1 Å². The monoisotopic (exact) mass is 167 g/mol. The molecule has 0 aliphatic carbocycles. The van der Waals surface area contributed by atoms with Crippen molar-refractivity contribution in [1.82, 2.24) is 5.32 Å². The number of aliphatic imine (C=N–C) groups is 1. The highest BCUT2D eigenvalue weighted by atomic mass is 16.3. The molecule has 1 aromatic rings. The van der Waals surface area contributed by atoms with Crippen molar-refractivity contribution in [3.05, 3.63) is 23.7 Å². The lowest BCUT2D eigenvalue weighted by Gasteiger charge is -2.00. The summed E-state index contributed by atoms with van der Waals surface area (Å²) in [6.45, 7) is 2.48. The Morgan fingerprint density at radius 3 is 2.92 bits per heavy atom. The van der Waals surface area contributed by atoms with Crippen molar-refractivity contribution in [1.29, 1.82) is 0 Å². The molecule has 12 heavy (non-hydrogen) atoms. The van der Waals surface area contributed by atoms with Gasteiger partial charge in [-0.2, -0.15) is 0 Å². The maximum absolute atomic E-state index is 5.42. The van der Waals surface area contributed by atoms with Gasteiger partial charge in [0.1, 0.15) is 11.5 Å². The van der Waals surface area contributed by atoms with Crippen LogP contribution in [0.5, 0.6) is 0 Å². The zero-order chi connectivity index (χ0) is 8.97. The van der Waals surface area contributed by atoms with Gasteiger partial charge in [-0.05, 0) is 19.1 Å². The minimum atomic E-state index is 0.420. The quantitative estimate of drug-likeness (QED) is 0.501. The average Bonchev–Trinajstić information content (AvgIpc) is 2.47. The Balaban J connectivity index is 2.43. The smallest absolute Gasteiger partial charge is 0.188 e. The molecule has 0 radical (unpaired) electrons. The second-order valence-electron chi connectivity index (χ2n) is 2.47. The maximum Gasteiger partial charge on any atom is 0.188 e. The summed E-state index contributed by atoms with van der Waals surface area (Å²) in [6.07, 6.45) is 0. The van der Waals surface area contributed by atoms with E-state index in [2.05, 4.69) is 10.3 Å². The Bertz CT molecular complexity index is 278. The van der Waals surface area contributed by atoms with Crippen LogP contribution < -0.4 is 11.1 Å². The Kier molecular flexibility index (Phi) is 2.74. The van der Waals surface area contributed by atoms with Crippen LogP contribution in [0.4, 0.5) is 0 Å². The van der Waals surface area contributed by atoms with E-state index in [9.17, 15) is 0 Å². The van der Waals surface area contributed by atoms with Gasteiger partial charge < -0.3 is 15.5 Å². The van der Waals surface area contributed by atoms with Crippen molar-refractivity contribution >= 4 is 5.96 Å². The standard InChI is InChI=1S/C8H13N3O/c1-6-3-4-7(12-6)5-11-8(9)10-2/h3-4H,5H2,1-2H3,(H3,9,10,11). The van der Waals surface area contributed by atoms with Gasteiger partial charge >= 0.3 is 0 Å². The topological polar surface area (TPSA) is 63.5 Å². The summed E-state index contributed by atoms with van der Waals surface area (Å²) in [5.74, 6) is 2.18. The third kappa shape index (κ3) is 2.30. The summed E-state index contributed by atoms with van der Waals surface area (Å²) >= 11 is 0. The van der Waals surface area contributed by atoms with Gasteiger partial charge in [-0.15, -0.1) is 0 Å². The molecule has 3 N–H and O–H groups in total. The number of nitrogens with two attached hydrogens (primary N) is 1. The summed E-state index contributed by atoms with van der Waals surface area (Å²) in [5, 5.41) is 2.90. The molecular weight excluding hydrogens is 154 g/mol. The number of guanidine groups is 1. The average molecular weight is 167 g/mol. The molecule has 1 heterocycles. The van der Waals surface area contributed by atoms with Crippen molar-refractivity contribution in [3.8, 4) is 0 Å². The van der Waals surface area contributed by atoms with Crippen LogP contribution in [0.15, 0.2) is 21.5 Å². The first-order chi connectivity index (χ1) is 5.72. The fraction of sp³-hybridized carbons (Fsp3) is 0.375. The normalized spacial score (nSPS) is 11.7. The Hall–Kier alpha value is -1.45. The van der Waals surface area contributed by atoms with Crippen LogP contribution in [-0.4, -0.2) is 13.0 Å². The van der Waals surface area contributed by atoms with Crippen LogP contribution in [0.3, 0.4) is 0 Å². The van der Waals surface area contributed by atoms with Crippen molar-refractivity contribution in [2.24, 2.45) is 10.7 Å². The van der Waals surface area contributed by atoms with Crippen LogP contribution >= 0.6 is 0 Å². The largest absolute Gasteiger partial charge is 0.465 e. The Morgan fingerprint density at radius 1 is 1.67 bits per heavy atom. The van der Waals surface area contributed by atoms with Crippen molar-refractivity contribution in [2.45, 2.75) is 13.5 Å². The van der Waals surface area contributed by atoms with Crippen LogP contribution in [0.1, 0.15) is 11.5 Å². The maximum atomic E-state index is 5.42. The summed E-state index contributed by atoms with van der Waals surface area (Å²) in [5.41, 5.74) is 5.42. The number of nitrogens with one attached hydrogen (secondary N) is 1. The first kappa shape index (κ1) is 8.64. The van der Waals surface area contributed by atoms with Gasteiger partial charge in [0.25, 0.3) is 0 Å². The molecule has 0 atom stereocenters. The third-order valence-electron chi connectivity index (χ3n) is 1.48. The molecule has 4 nitrogen and oxygen atoms in total. The van der Waals surface area contributed by atoms with Gasteiger partial charge in [-0.25, -0.2) is 0 Å². The molecule has 0 fully saturated rings. The molecule has 4 heteroatoms. The third-order valence-corrected chi connectivity index (χ3v) is 1.48. The molecule has 1 aromatic heterocycles. The lowest BCUT2D eigenvalue weighted by Crippen LogP contribution is -2.30. The predicted octanol–water partition coefficient (Wildman–Crippen LogP) is 0.622. The minimum Gasteiger partial charge on any atom is -0.465 e. The molecule has 0 saturated heterocycles. The fourth-order valence-corrected chi connectivity index (χ4v) is 0.837. The lowest BCUT2D eigenvalue weighted by molar-refractivity contribution is 0.477. The van der Waals surface area contributed by atoms with Gasteiger partial charge in [0, 0.05) is 7.05 Å². The first-order valence-corrected chi connectivity index (χ1v) is 3.74. The van der Waals surface area contributed by atoms with E-state index in [4.69, 9.17) is 10.2 Å². The van der Waals surface area contributed by atoms with Crippen LogP contribution in [0.2, 0.25) is 0 Å². The van der Waals surface area contributed by atoms with Gasteiger partial charge in [0.15, 0.2) is 5.96 Å². The molecule has 0 unspecified atom stereocenters. The van der Waals surface area contributed by atoms with Crippen molar-refractivity contribution in [2.75, 3.05) is 7.05 Å². The van der Waals surface area contributed by atoms with E-state index >= 15 is 0 Å². The van der Waals surface area contributed by atoms with E-state index in [1.54, 1.807) is 7.05 Å². The molecule has 0 aliphatic heterocycles. The van der Waals surface area contributed by atoms with E-state index in [-0.39, 0.29) is 0 Å². The number of rotatable bonds is 2. The highest BCUT2D eigenvalue weighted by Gasteiger charge is 1.97. The SMILES string of the molecule is CN=C(N)NCc1ccc(C)o1. The molecule has 66 valence electrons. The lowest BCUT2D eigenvalue weighted by atomic mass is 10.4. The molecule has 0 aromatic carbocycles. The summed E-state index contributed by atoms with van der Waals surface area (Å²) in [6, 6.07) is 3.82. The van der Waals surface area contributed by atoms with Crippen LogP contribution in [0.25, 0.3) is 0 Å². The number of hydrogen-bond acceptors (Lipinski definition) is 2. The Labute approximate surface area is 71.5 Å². The number of nitrogens with zero attached hydrogens (tertiary/aromatic N) is 1. The highest BCUT2D eigenvalue weighted by molar-refractivity contribution is 5.77. The summed E-state index contributed by atoms with van der Waals surface area (Å²) in [4.78, 5) is 3.75. The molecular formula is C8H13N3O. The summed E-state index contributed by atoms with van der Waals surface area (Å²) in [7, 11) is 1.63. The number of furan rings is 1. The van der Waals surface area contributed by atoms with E-state index < -0.39 is 0 Å². The van der Waals surface area contributed by atoms with E-state index in [0.29, 0.717) is 12.5 Å². The van der Waals surface area contributed by atoms with Crippen LogP contribution in [0, 0.1) is 6.92 Å². The van der Waals surface area contributed by atoms with Gasteiger partial charge in [0.05, 0.1) is 6.54 Å². The second-order valence-corrected chi connectivity index (χ2v) is 2.47. The molecule has 0 bridgehead atoms. The Morgan fingerprint density at radius 2 is 2.42 bits per heavy atom. The number of hydrogen-bond donors (Lipinski definition) is 2. The van der Waals surface area contributed by atoms with E-state index in [1.165, 1.54) is 0 Å². The molecule has 0 spiro atoms. The van der Waals surface area contributed by atoms with E-state index in [0.717, 1.165) is 11.5 Å². The molecule has 1 rings (SSSR count). The van der Waals surface area contributed by atoms with Crippen molar-refractivity contribution in [3.63, 3.8) is 0 Å².